The molecule has 22 heavy (non-hydrogen) atoms. The number of hydrogen-bond donors (Lipinski definition) is 0. The molecule has 0 unspecified atom stereocenters. The van der Waals surface area contributed by atoms with E-state index in [9.17, 15) is 10.5 Å². The molecule has 0 heterocycles. The van der Waals surface area contributed by atoms with Crippen LogP contribution in [0.15, 0.2) is 48.5 Å². The minimum Gasteiger partial charge on any atom is -0.192 e. The van der Waals surface area contributed by atoms with Gasteiger partial charge < -0.3 is 0 Å². The van der Waals surface area contributed by atoms with Crippen molar-refractivity contribution in [2.75, 3.05) is 0 Å². The van der Waals surface area contributed by atoms with Gasteiger partial charge in [0, 0.05) is 5.41 Å². The fraction of sp³-hybridized carbons (Fsp3) is 0.200. The quantitative estimate of drug-likeness (QED) is 0.784. The van der Waals surface area contributed by atoms with Crippen LogP contribution in [0.3, 0.4) is 0 Å². The smallest absolute Gasteiger partial charge is 0.101 e. The summed E-state index contributed by atoms with van der Waals surface area (Å²) >= 11 is 0. The predicted molar refractivity (Wildman–Crippen MR) is 85.0 cm³/mol. The first kappa shape index (κ1) is 12.9. The normalized spacial score (nSPS) is 24.4. The summed E-state index contributed by atoms with van der Waals surface area (Å²) in [6.07, 6.45) is 6.29. The first-order valence-electron chi connectivity index (χ1n) is 7.49. The fourth-order valence-electron chi connectivity index (χ4n) is 3.93. The van der Waals surface area contributed by atoms with E-state index in [2.05, 4.69) is 48.6 Å². The van der Waals surface area contributed by atoms with Crippen LogP contribution < -0.4 is 0 Å². The van der Waals surface area contributed by atoms with Gasteiger partial charge in [-0.1, -0.05) is 48.6 Å². The molecular weight excluding hydrogens is 268 g/mol. The molecule has 0 amide bonds. The van der Waals surface area contributed by atoms with Crippen molar-refractivity contribution in [2.45, 2.75) is 24.2 Å². The zero-order chi connectivity index (χ0) is 15.2. The van der Waals surface area contributed by atoms with Gasteiger partial charge in [-0.3, -0.25) is 0 Å². The van der Waals surface area contributed by atoms with Crippen molar-refractivity contribution >= 4 is 6.08 Å². The van der Waals surface area contributed by atoms with Crippen LogP contribution in [0, 0.1) is 22.7 Å². The van der Waals surface area contributed by atoms with Gasteiger partial charge >= 0.3 is 0 Å². The predicted octanol–water partition coefficient (Wildman–Crippen LogP) is 4.27. The molecule has 0 N–H and O–H groups in total. The van der Waals surface area contributed by atoms with Crippen molar-refractivity contribution in [3.8, 4) is 12.1 Å². The highest BCUT2D eigenvalue weighted by Crippen LogP contribution is 2.65. The van der Waals surface area contributed by atoms with E-state index >= 15 is 0 Å². The zero-order valence-electron chi connectivity index (χ0n) is 12.1. The van der Waals surface area contributed by atoms with E-state index in [-0.39, 0.29) is 5.41 Å². The Morgan fingerprint density at radius 1 is 1.00 bits per heavy atom. The molecule has 2 heteroatoms. The number of fused-ring (bicyclic) bond motifs is 2. The van der Waals surface area contributed by atoms with Gasteiger partial charge in [-0.25, -0.2) is 0 Å². The van der Waals surface area contributed by atoms with E-state index in [4.69, 9.17) is 0 Å². The molecular formula is C20H14N2. The lowest BCUT2D eigenvalue weighted by molar-refractivity contribution is 0.666. The number of allylic oxidation sites excluding steroid dienone is 1. The summed E-state index contributed by atoms with van der Waals surface area (Å²) in [4.78, 5) is 0. The average molecular weight is 282 g/mol. The summed E-state index contributed by atoms with van der Waals surface area (Å²) in [5.74, 6) is 0.443. The van der Waals surface area contributed by atoms with Crippen LogP contribution in [-0.2, 0) is 5.41 Å². The van der Waals surface area contributed by atoms with Gasteiger partial charge in [0.1, 0.15) is 12.1 Å². The third-order valence-electron chi connectivity index (χ3n) is 5.02. The summed E-state index contributed by atoms with van der Waals surface area (Å²) < 4.78 is 0. The molecule has 4 rings (SSSR count). The second-order valence-corrected chi connectivity index (χ2v) is 6.11. The monoisotopic (exact) mass is 282 g/mol. The molecule has 0 radical (unpaired) electrons. The summed E-state index contributed by atoms with van der Waals surface area (Å²) in [6.45, 7) is 0. The van der Waals surface area contributed by atoms with Gasteiger partial charge in [0.2, 0.25) is 0 Å². The number of benzene rings is 2. The van der Waals surface area contributed by atoms with Crippen molar-refractivity contribution in [2.24, 2.45) is 0 Å². The Bertz CT molecular complexity index is 865. The minimum atomic E-state index is 0.00333. The van der Waals surface area contributed by atoms with Crippen molar-refractivity contribution in [3.63, 3.8) is 0 Å². The SMILES string of the molecule is N#Cc1ccc2c(c1C#N)[C@]1(CC=C2)C[C@H]1c1ccccc1. The molecule has 0 saturated heterocycles. The Hall–Kier alpha value is -2.84. The van der Waals surface area contributed by atoms with Gasteiger partial charge in [0.25, 0.3) is 0 Å². The molecule has 0 aromatic heterocycles. The van der Waals surface area contributed by atoms with Crippen LogP contribution in [0.25, 0.3) is 6.08 Å². The van der Waals surface area contributed by atoms with Crippen LogP contribution in [0.2, 0.25) is 0 Å². The number of rotatable bonds is 1. The van der Waals surface area contributed by atoms with E-state index in [0.717, 1.165) is 24.0 Å². The third-order valence-corrected chi connectivity index (χ3v) is 5.02. The largest absolute Gasteiger partial charge is 0.192 e. The molecule has 1 saturated carbocycles. The fourth-order valence-corrected chi connectivity index (χ4v) is 3.93. The molecule has 2 aromatic rings. The summed E-state index contributed by atoms with van der Waals surface area (Å²) in [5, 5.41) is 18.9. The van der Waals surface area contributed by atoms with Crippen molar-refractivity contribution in [3.05, 3.63) is 76.4 Å². The van der Waals surface area contributed by atoms with Gasteiger partial charge in [0.05, 0.1) is 11.1 Å². The second-order valence-electron chi connectivity index (χ2n) is 6.11. The third kappa shape index (κ3) is 1.65. The van der Waals surface area contributed by atoms with Crippen LogP contribution in [0.4, 0.5) is 0 Å². The van der Waals surface area contributed by atoms with Crippen molar-refractivity contribution in [1.29, 1.82) is 10.5 Å². The highest BCUT2D eigenvalue weighted by molar-refractivity contribution is 5.70. The number of nitrogens with zero attached hydrogens (tertiary/aromatic N) is 2. The van der Waals surface area contributed by atoms with E-state index in [1.807, 2.05) is 12.1 Å². The van der Waals surface area contributed by atoms with Gasteiger partial charge in [0.15, 0.2) is 0 Å². The standard InChI is InChI=1S/C20H14N2/c21-12-16-9-8-15-7-4-10-20(19(15)17(16)13-22)11-18(20)14-5-2-1-3-6-14/h1-9,18H,10-11H2/t18-,20+/m0/s1. The molecule has 2 aromatic carbocycles. The average Bonchev–Trinajstić information content (AvgIpc) is 3.29. The maximum absolute atomic E-state index is 9.60. The summed E-state index contributed by atoms with van der Waals surface area (Å²) in [6, 6.07) is 18.7. The first-order chi connectivity index (χ1) is 10.8. The van der Waals surface area contributed by atoms with E-state index < -0.39 is 0 Å². The maximum atomic E-state index is 9.60. The Kier molecular flexibility index (Phi) is 2.68. The molecule has 104 valence electrons. The maximum Gasteiger partial charge on any atom is 0.101 e. The van der Waals surface area contributed by atoms with Crippen LogP contribution in [-0.4, -0.2) is 0 Å². The van der Waals surface area contributed by atoms with Crippen LogP contribution >= 0.6 is 0 Å². The van der Waals surface area contributed by atoms with Crippen LogP contribution in [0.1, 0.15) is 46.6 Å². The highest BCUT2D eigenvalue weighted by Gasteiger charge is 2.57. The Morgan fingerprint density at radius 2 is 1.82 bits per heavy atom. The second kappa shape index (κ2) is 4.58. The summed E-state index contributed by atoms with van der Waals surface area (Å²) in [5.41, 5.74) is 4.58. The minimum absolute atomic E-state index is 0.00333. The molecule has 2 aliphatic rings. The molecule has 2 nitrogen and oxygen atoms in total. The lowest BCUT2D eigenvalue weighted by Gasteiger charge is -2.24. The van der Waals surface area contributed by atoms with Crippen molar-refractivity contribution in [1.82, 2.24) is 0 Å². The zero-order valence-corrected chi connectivity index (χ0v) is 12.1. The molecule has 2 atom stereocenters. The molecule has 0 bridgehead atoms. The van der Waals surface area contributed by atoms with Crippen LogP contribution in [0.5, 0.6) is 0 Å². The molecule has 2 aliphatic carbocycles. The van der Waals surface area contributed by atoms with Gasteiger partial charge in [-0.2, -0.15) is 10.5 Å². The van der Waals surface area contributed by atoms with E-state index in [1.54, 1.807) is 6.07 Å². The molecule has 1 fully saturated rings. The van der Waals surface area contributed by atoms with E-state index in [1.165, 1.54) is 5.56 Å². The highest BCUT2D eigenvalue weighted by atomic mass is 14.6. The Morgan fingerprint density at radius 3 is 2.55 bits per heavy atom. The Labute approximate surface area is 129 Å². The lowest BCUT2D eigenvalue weighted by atomic mass is 9.77. The van der Waals surface area contributed by atoms with Gasteiger partial charge in [-0.05, 0) is 41.5 Å². The molecule has 1 spiro atoms. The topological polar surface area (TPSA) is 47.6 Å². The molecule has 0 aliphatic heterocycles. The lowest BCUT2D eigenvalue weighted by Crippen LogP contribution is -2.16. The summed E-state index contributed by atoms with van der Waals surface area (Å²) in [7, 11) is 0. The van der Waals surface area contributed by atoms with Gasteiger partial charge in [-0.15, -0.1) is 0 Å². The van der Waals surface area contributed by atoms with E-state index in [0.29, 0.717) is 17.0 Å². The number of hydrogen-bond acceptors (Lipinski definition) is 2. The Balaban J connectivity index is 1.90. The first-order valence-corrected chi connectivity index (χ1v) is 7.49. The van der Waals surface area contributed by atoms with Crippen molar-refractivity contribution < 1.29 is 0 Å². The number of nitriles is 2.